The van der Waals surface area contributed by atoms with Crippen LogP contribution in [0.1, 0.15) is 38.7 Å². The molecule has 160 valence electrons. The van der Waals surface area contributed by atoms with E-state index in [9.17, 15) is 4.79 Å². The molecule has 1 aliphatic heterocycles. The Balaban J connectivity index is 1.40. The van der Waals surface area contributed by atoms with Gasteiger partial charge in [-0.25, -0.2) is 0 Å². The van der Waals surface area contributed by atoms with Crippen LogP contribution in [0.25, 0.3) is 22.8 Å². The van der Waals surface area contributed by atoms with Crippen molar-refractivity contribution < 1.29 is 14.1 Å². The SMILES string of the molecule is Cc1cc(N2C(=O)[C@@H]3CC[C@H]2C3)ccc1-c1noc(-c2ccc(OC(C)C)c(Cl)c2)n1. The van der Waals surface area contributed by atoms with Crippen LogP contribution in [0.2, 0.25) is 5.02 Å². The van der Waals surface area contributed by atoms with Crippen LogP contribution in [-0.2, 0) is 4.79 Å². The number of rotatable bonds is 5. The Morgan fingerprint density at radius 1 is 1.19 bits per heavy atom. The molecule has 2 aliphatic rings. The fourth-order valence-electron chi connectivity index (χ4n) is 4.61. The maximum atomic E-state index is 12.6. The average Bonchev–Trinajstić information content (AvgIpc) is 3.45. The quantitative estimate of drug-likeness (QED) is 0.514. The van der Waals surface area contributed by atoms with Crippen LogP contribution in [0, 0.1) is 12.8 Å². The summed E-state index contributed by atoms with van der Waals surface area (Å²) in [5.74, 6) is 1.98. The molecule has 2 heterocycles. The van der Waals surface area contributed by atoms with Gasteiger partial charge < -0.3 is 14.2 Å². The number of benzene rings is 2. The Kier molecular flexibility index (Phi) is 4.97. The van der Waals surface area contributed by atoms with Crippen LogP contribution in [0.3, 0.4) is 0 Å². The van der Waals surface area contributed by atoms with Gasteiger partial charge in [0.1, 0.15) is 5.75 Å². The Labute approximate surface area is 186 Å². The first-order valence-corrected chi connectivity index (χ1v) is 11.0. The average molecular weight is 438 g/mol. The molecule has 3 aromatic rings. The molecule has 0 radical (unpaired) electrons. The maximum Gasteiger partial charge on any atom is 0.258 e. The number of hydrogen-bond acceptors (Lipinski definition) is 5. The second-order valence-electron chi connectivity index (χ2n) is 8.61. The fraction of sp³-hybridized carbons (Fsp3) is 0.375. The number of amides is 1. The van der Waals surface area contributed by atoms with E-state index in [0.29, 0.717) is 28.5 Å². The summed E-state index contributed by atoms with van der Waals surface area (Å²) in [6.07, 6.45) is 3.14. The third kappa shape index (κ3) is 3.59. The van der Waals surface area contributed by atoms with Gasteiger partial charge >= 0.3 is 0 Å². The summed E-state index contributed by atoms with van der Waals surface area (Å²) in [5, 5.41) is 4.66. The minimum atomic E-state index is 0.0373. The lowest BCUT2D eigenvalue weighted by Crippen LogP contribution is -2.36. The number of piperidine rings is 1. The number of ether oxygens (including phenoxy) is 1. The largest absolute Gasteiger partial charge is 0.489 e. The molecule has 2 aromatic carbocycles. The molecule has 0 spiro atoms. The molecule has 1 aliphatic carbocycles. The van der Waals surface area contributed by atoms with Gasteiger partial charge in [0, 0.05) is 28.8 Å². The molecular formula is C24H24ClN3O3. The van der Waals surface area contributed by atoms with Crippen molar-refractivity contribution in [2.45, 2.75) is 52.2 Å². The van der Waals surface area contributed by atoms with Gasteiger partial charge in [-0.3, -0.25) is 4.79 Å². The van der Waals surface area contributed by atoms with E-state index in [2.05, 4.69) is 10.1 Å². The zero-order chi connectivity index (χ0) is 21.7. The summed E-state index contributed by atoms with van der Waals surface area (Å²) in [4.78, 5) is 19.1. The number of halogens is 1. The number of nitrogens with zero attached hydrogens (tertiary/aromatic N) is 3. The Morgan fingerprint density at radius 2 is 2.03 bits per heavy atom. The summed E-state index contributed by atoms with van der Waals surface area (Å²) >= 11 is 6.34. The highest BCUT2D eigenvalue weighted by Gasteiger charge is 2.45. The van der Waals surface area contributed by atoms with Gasteiger partial charge in [-0.2, -0.15) is 4.98 Å². The topological polar surface area (TPSA) is 68.5 Å². The highest BCUT2D eigenvalue weighted by atomic mass is 35.5. The zero-order valence-corrected chi connectivity index (χ0v) is 18.5. The molecule has 2 bridgehead atoms. The monoisotopic (exact) mass is 437 g/mol. The van der Waals surface area contributed by atoms with Gasteiger partial charge in [0.05, 0.1) is 11.1 Å². The second-order valence-corrected chi connectivity index (χ2v) is 9.01. The van der Waals surface area contributed by atoms with Crippen LogP contribution in [0.4, 0.5) is 5.69 Å². The van der Waals surface area contributed by atoms with Crippen molar-refractivity contribution in [3.05, 3.63) is 47.0 Å². The summed E-state index contributed by atoms with van der Waals surface area (Å²) in [6.45, 7) is 5.90. The third-order valence-corrected chi connectivity index (χ3v) is 6.35. The molecule has 5 rings (SSSR count). The highest BCUT2D eigenvalue weighted by molar-refractivity contribution is 6.32. The molecule has 1 aromatic heterocycles. The number of carbonyl (C=O) groups excluding carboxylic acids is 1. The van der Waals surface area contributed by atoms with Crippen molar-refractivity contribution >= 4 is 23.2 Å². The van der Waals surface area contributed by atoms with Crippen molar-refractivity contribution in [2.75, 3.05) is 4.90 Å². The maximum absolute atomic E-state index is 12.6. The molecule has 0 N–H and O–H groups in total. The molecule has 7 heteroatoms. The van der Waals surface area contributed by atoms with Crippen molar-refractivity contribution in [2.24, 2.45) is 5.92 Å². The number of carbonyl (C=O) groups is 1. The predicted octanol–water partition coefficient (Wildman–Crippen LogP) is 5.67. The van der Waals surface area contributed by atoms with Gasteiger partial charge in [-0.1, -0.05) is 16.8 Å². The molecular weight excluding hydrogens is 414 g/mol. The lowest BCUT2D eigenvalue weighted by atomic mass is 10.0. The van der Waals surface area contributed by atoms with Crippen molar-refractivity contribution in [3.63, 3.8) is 0 Å². The van der Waals surface area contributed by atoms with E-state index in [4.69, 9.17) is 20.9 Å². The number of aryl methyl sites for hydroxylation is 1. The normalized spacial score (nSPS) is 20.2. The summed E-state index contributed by atoms with van der Waals surface area (Å²) in [7, 11) is 0. The zero-order valence-electron chi connectivity index (χ0n) is 17.8. The number of fused-ring (bicyclic) bond motifs is 2. The first kappa shape index (κ1) is 20.1. The number of hydrogen-bond donors (Lipinski definition) is 0. The van der Waals surface area contributed by atoms with E-state index in [1.807, 2.05) is 56.0 Å². The van der Waals surface area contributed by atoms with Crippen LogP contribution >= 0.6 is 11.6 Å². The van der Waals surface area contributed by atoms with E-state index < -0.39 is 0 Å². The minimum Gasteiger partial charge on any atom is -0.489 e. The first-order valence-electron chi connectivity index (χ1n) is 10.6. The summed E-state index contributed by atoms with van der Waals surface area (Å²) < 4.78 is 11.2. The Bertz CT molecular complexity index is 1160. The standard InChI is InChI=1S/C24H24ClN3O3/c1-13(2)30-21-9-5-15(12-20(21)25)23-26-22(27-31-23)19-8-7-17(10-14(19)3)28-18-6-4-16(11-18)24(28)29/h5,7-10,12-13,16,18H,4,6,11H2,1-3H3/t16-,18+/m1/s1. The van der Waals surface area contributed by atoms with Crippen LogP contribution in [-0.4, -0.2) is 28.2 Å². The molecule has 1 saturated carbocycles. The van der Waals surface area contributed by atoms with E-state index in [1.54, 1.807) is 6.07 Å². The molecule has 31 heavy (non-hydrogen) atoms. The minimum absolute atomic E-state index is 0.0373. The molecule has 6 nitrogen and oxygen atoms in total. The van der Waals surface area contributed by atoms with Crippen LogP contribution in [0.5, 0.6) is 5.75 Å². The fourth-order valence-corrected chi connectivity index (χ4v) is 4.84. The lowest BCUT2D eigenvalue weighted by molar-refractivity contribution is -0.121. The molecule has 1 amide bonds. The van der Waals surface area contributed by atoms with Gasteiger partial charge in [0.25, 0.3) is 5.89 Å². The number of anilines is 1. The smallest absolute Gasteiger partial charge is 0.258 e. The molecule has 2 atom stereocenters. The molecule has 2 fully saturated rings. The molecule has 0 unspecified atom stereocenters. The third-order valence-electron chi connectivity index (χ3n) is 6.05. The van der Waals surface area contributed by atoms with Crippen molar-refractivity contribution in [1.29, 1.82) is 0 Å². The first-order chi connectivity index (χ1) is 14.9. The summed E-state index contributed by atoms with van der Waals surface area (Å²) in [6, 6.07) is 11.7. The van der Waals surface area contributed by atoms with Gasteiger partial charge in [-0.15, -0.1) is 0 Å². The Hall–Kier alpha value is -2.86. The van der Waals surface area contributed by atoms with Gasteiger partial charge in [0.15, 0.2) is 0 Å². The van der Waals surface area contributed by atoms with Crippen molar-refractivity contribution in [1.82, 2.24) is 10.1 Å². The lowest BCUT2D eigenvalue weighted by Gasteiger charge is -2.27. The van der Waals surface area contributed by atoms with Gasteiger partial charge in [-0.05, 0) is 82.0 Å². The highest BCUT2D eigenvalue weighted by Crippen LogP contribution is 2.42. The Morgan fingerprint density at radius 3 is 2.71 bits per heavy atom. The van der Waals surface area contributed by atoms with Crippen LogP contribution in [0.15, 0.2) is 40.9 Å². The second kappa shape index (κ2) is 7.68. The number of aromatic nitrogens is 2. The van der Waals surface area contributed by atoms with Crippen LogP contribution < -0.4 is 9.64 Å². The van der Waals surface area contributed by atoms with Crippen molar-refractivity contribution in [3.8, 4) is 28.6 Å². The van der Waals surface area contributed by atoms with E-state index in [0.717, 1.165) is 41.6 Å². The van der Waals surface area contributed by atoms with Gasteiger partial charge in [0.2, 0.25) is 11.7 Å². The predicted molar refractivity (Wildman–Crippen MR) is 119 cm³/mol. The summed E-state index contributed by atoms with van der Waals surface area (Å²) in [5.41, 5.74) is 3.56. The molecule has 1 saturated heterocycles. The van der Waals surface area contributed by atoms with E-state index >= 15 is 0 Å². The van der Waals surface area contributed by atoms with E-state index in [1.165, 1.54) is 0 Å². The van der Waals surface area contributed by atoms with E-state index in [-0.39, 0.29) is 17.9 Å².